The molecule has 5 rings (SSSR count). The zero-order valence-electron chi connectivity index (χ0n) is 16.4. The molecule has 2 amide bonds. The number of carbonyl (C=O) groups is 1. The van der Waals surface area contributed by atoms with Crippen molar-refractivity contribution in [1.82, 2.24) is 19.9 Å². The quantitative estimate of drug-likeness (QED) is 0.491. The summed E-state index contributed by atoms with van der Waals surface area (Å²) in [5, 5.41) is 15.4. The summed E-state index contributed by atoms with van der Waals surface area (Å²) in [6, 6.07) is 3.19. The lowest BCUT2D eigenvalue weighted by Gasteiger charge is -2.21. The first-order valence-electron chi connectivity index (χ1n) is 9.66. The molecule has 31 heavy (non-hydrogen) atoms. The Labute approximate surface area is 174 Å². The summed E-state index contributed by atoms with van der Waals surface area (Å²) in [4.78, 5) is 16.6. The van der Waals surface area contributed by atoms with Gasteiger partial charge in [0, 0.05) is 31.7 Å². The Morgan fingerprint density at radius 3 is 2.81 bits per heavy atom. The molecule has 1 saturated carbocycles. The number of aromatic nitrogens is 3. The summed E-state index contributed by atoms with van der Waals surface area (Å²) in [5.41, 5.74) is 1.01. The first-order chi connectivity index (χ1) is 15.0. The normalized spacial score (nSPS) is 19.1. The summed E-state index contributed by atoms with van der Waals surface area (Å²) >= 11 is 0. The maximum absolute atomic E-state index is 14.0. The number of nitrogens with zero attached hydrogens (tertiary/aromatic N) is 3. The van der Waals surface area contributed by atoms with Gasteiger partial charge < -0.3 is 30.7 Å². The zero-order chi connectivity index (χ0) is 21.5. The summed E-state index contributed by atoms with van der Waals surface area (Å²) in [6.07, 6.45) is 0.734. The van der Waals surface area contributed by atoms with Crippen molar-refractivity contribution in [2.24, 2.45) is 0 Å². The molecule has 12 heteroatoms. The van der Waals surface area contributed by atoms with Crippen molar-refractivity contribution in [2.75, 3.05) is 36.2 Å². The smallest absolute Gasteiger partial charge is 0.319 e. The Morgan fingerprint density at radius 1 is 1.23 bits per heavy atom. The van der Waals surface area contributed by atoms with Gasteiger partial charge in [-0.25, -0.2) is 18.6 Å². The van der Waals surface area contributed by atoms with E-state index in [1.165, 1.54) is 22.8 Å². The number of anilines is 4. The van der Waals surface area contributed by atoms with E-state index in [1.807, 2.05) is 0 Å². The van der Waals surface area contributed by atoms with Gasteiger partial charge in [0.1, 0.15) is 42.5 Å². The molecule has 2 aliphatic rings. The average molecular weight is 431 g/mol. The Morgan fingerprint density at radius 2 is 2.03 bits per heavy atom. The number of amides is 2. The van der Waals surface area contributed by atoms with Crippen molar-refractivity contribution >= 4 is 34.7 Å². The third kappa shape index (κ3) is 3.71. The highest BCUT2D eigenvalue weighted by Gasteiger charge is 2.38. The number of rotatable bonds is 5. The molecule has 162 valence electrons. The van der Waals surface area contributed by atoms with Crippen molar-refractivity contribution < 1.29 is 23.0 Å². The molecule has 4 N–H and O–H groups in total. The molecule has 10 nitrogen and oxygen atoms in total. The van der Waals surface area contributed by atoms with Gasteiger partial charge in [0.05, 0.1) is 17.9 Å². The minimum Gasteiger partial charge on any atom is -0.486 e. The zero-order valence-corrected chi connectivity index (χ0v) is 16.4. The van der Waals surface area contributed by atoms with E-state index >= 15 is 0 Å². The SMILES string of the molecule is CNc1cc(Nc2cc(F)cc3c2OCCO3)nc2c(NC(=O)N[C@@H]3CC3F)cnn12. The molecule has 3 heterocycles. The van der Waals surface area contributed by atoms with Crippen LogP contribution in [0.3, 0.4) is 0 Å². The van der Waals surface area contributed by atoms with Crippen LogP contribution in [0.4, 0.5) is 36.6 Å². The van der Waals surface area contributed by atoms with Crippen molar-refractivity contribution in [3.63, 3.8) is 0 Å². The van der Waals surface area contributed by atoms with Crippen LogP contribution in [-0.2, 0) is 0 Å². The van der Waals surface area contributed by atoms with Crippen molar-refractivity contribution in [2.45, 2.75) is 18.6 Å². The van der Waals surface area contributed by atoms with Gasteiger partial charge in [0.2, 0.25) is 0 Å². The predicted octanol–water partition coefficient (Wildman–Crippen LogP) is 2.66. The van der Waals surface area contributed by atoms with Gasteiger partial charge in [-0.2, -0.15) is 9.61 Å². The van der Waals surface area contributed by atoms with Crippen molar-refractivity contribution in [3.8, 4) is 11.5 Å². The van der Waals surface area contributed by atoms with Gasteiger partial charge in [-0.05, 0) is 0 Å². The first kappa shape index (κ1) is 19.2. The van der Waals surface area contributed by atoms with Crippen LogP contribution < -0.4 is 30.7 Å². The van der Waals surface area contributed by atoms with E-state index in [0.29, 0.717) is 59.8 Å². The van der Waals surface area contributed by atoms with Crippen molar-refractivity contribution in [3.05, 3.63) is 30.2 Å². The second-order valence-electron chi connectivity index (χ2n) is 7.13. The Hall–Kier alpha value is -3.83. The van der Waals surface area contributed by atoms with Crippen LogP contribution in [0.1, 0.15) is 6.42 Å². The second kappa shape index (κ2) is 7.45. The fourth-order valence-corrected chi connectivity index (χ4v) is 3.28. The Bertz CT molecular complexity index is 1170. The molecule has 1 fully saturated rings. The van der Waals surface area contributed by atoms with Crippen LogP contribution in [-0.4, -0.2) is 53.1 Å². The first-order valence-corrected chi connectivity index (χ1v) is 9.66. The lowest BCUT2D eigenvalue weighted by molar-refractivity contribution is 0.172. The lowest BCUT2D eigenvalue weighted by atomic mass is 10.2. The Balaban J connectivity index is 1.47. The number of hydrogen-bond donors (Lipinski definition) is 4. The summed E-state index contributed by atoms with van der Waals surface area (Å²) in [5.74, 6) is 1.12. The molecule has 0 bridgehead atoms. The molecule has 2 atom stereocenters. The number of urea groups is 1. The highest BCUT2D eigenvalue weighted by molar-refractivity contribution is 5.93. The predicted molar refractivity (Wildman–Crippen MR) is 109 cm³/mol. The minimum absolute atomic E-state index is 0.304. The molecule has 0 spiro atoms. The maximum Gasteiger partial charge on any atom is 0.319 e. The van der Waals surface area contributed by atoms with Gasteiger partial charge in [-0.1, -0.05) is 0 Å². The number of ether oxygens (including phenoxy) is 2. The number of nitrogens with one attached hydrogen (secondary N) is 4. The number of benzene rings is 1. The van der Waals surface area contributed by atoms with E-state index in [-0.39, 0.29) is 0 Å². The molecule has 3 aromatic rings. The largest absolute Gasteiger partial charge is 0.486 e. The van der Waals surface area contributed by atoms with Crippen LogP contribution in [0.25, 0.3) is 5.65 Å². The molecule has 1 aliphatic carbocycles. The lowest BCUT2D eigenvalue weighted by Crippen LogP contribution is -2.31. The van der Waals surface area contributed by atoms with Crippen LogP contribution in [0.5, 0.6) is 11.5 Å². The minimum atomic E-state index is -1.01. The number of halogens is 2. The van der Waals surface area contributed by atoms with Gasteiger partial charge in [-0.3, -0.25) is 0 Å². The number of fused-ring (bicyclic) bond motifs is 2. The highest BCUT2D eigenvalue weighted by atomic mass is 19.1. The van der Waals surface area contributed by atoms with Crippen molar-refractivity contribution in [1.29, 1.82) is 0 Å². The van der Waals surface area contributed by atoms with Gasteiger partial charge in [0.25, 0.3) is 0 Å². The molecule has 0 radical (unpaired) electrons. The fourth-order valence-electron chi connectivity index (χ4n) is 3.28. The van der Waals surface area contributed by atoms with E-state index in [0.717, 1.165) is 0 Å². The molecular weight excluding hydrogens is 412 g/mol. The van der Waals surface area contributed by atoms with E-state index < -0.39 is 24.1 Å². The molecule has 1 aliphatic heterocycles. The number of carbonyl (C=O) groups excluding carboxylic acids is 1. The highest BCUT2D eigenvalue weighted by Crippen LogP contribution is 2.40. The van der Waals surface area contributed by atoms with E-state index in [9.17, 15) is 13.6 Å². The monoisotopic (exact) mass is 431 g/mol. The number of alkyl halides is 1. The second-order valence-corrected chi connectivity index (χ2v) is 7.13. The van der Waals surface area contributed by atoms with Gasteiger partial charge >= 0.3 is 6.03 Å². The molecule has 1 unspecified atom stereocenters. The standard InChI is InChI=1S/C19H19F2N7O3/c1-22-16-7-15(24-12-4-9(20)5-14-17(12)31-3-2-30-14)27-18-13(8-23-28(16)18)26-19(29)25-11-6-10(11)21/h4-5,7-8,10-11,22H,2-3,6H2,1H3,(H,24,27)(H2,25,26,29)/t10?,11-/m1/s1. The summed E-state index contributed by atoms with van der Waals surface area (Å²) < 4.78 is 39.7. The molecule has 1 aromatic carbocycles. The Kier molecular flexibility index (Phi) is 4.60. The van der Waals surface area contributed by atoms with Crippen LogP contribution in [0.15, 0.2) is 24.4 Å². The fraction of sp³-hybridized carbons (Fsp3) is 0.316. The van der Waals surface area contributed by atoms with Gasteiger partial charge in [-0.15, -0.1) is 0 Å². The summed E-state index contributed by atoms with van der Waals surface area (Å²) in [6.45, 7) is 0.676. The average Bonchev–Trinajstić information content (AvgIpc) is 3.29. The third-order valence-corrected chi connectivity index (χ3v) is 4.87. The van der Waals surface area contributed by atoms with Crippen LogP contribution >= 0.6 is 0 Å². The van der Waals surface area contributed by atoms with Gasteiger partial charge in [0.15, 0.2) is 17.1 Å². The molecule has 0 saturated heterocycles. The van der Waals surface area contributed by atoms with E-state index in [2.05, 4.69) is 31.3 Å². The molecular formula is C19H19F2N7O3. The van der Waals surface area contributed by atoms with Crippen LogP contribution in [0, 0.1) is 5.82 Å². The summed E-state index contributed by atoms with van der Waals surface area (Å²) in [7, 11) is 1.70. The van der Waals surface area contributed by atoms with E-state index in [4.69, 9.17) is 9.47 Å². The number of hydrogen-bond acceptors (Lipinski definition) is 7. The maximum atomic E-state index is 14.0. The molecule has 2 aromatic heterocycles. The third-order valence-electron chi connectivity index (χ3n) is 4.87. The van der Waals surface area contributed by atoms with E-state index in [1.54, 1.807) is 13.1 Å². The topological polar surface area (TPSA) is 114 Å². The van der Waals surface area contributed by atoms with Crippen LogP contribution in [0.2, 0.25) is 0 Å².